The molecule has 0 saturated carbocycles. The molecule has 0 unspecified atom stereocenters. The summed E-state index contributed by atoms with van der Waals surface area (Å²) < 4.78 is 7.23. The van der Waals surface area contributed by atoms with Gasteiger partial charge in [0.25, 0.3) is 0 Å². The van der Waals surface area contributed by atoms with E-state index in [0.29, 0.717) is 0 Å². The number of hydrogen-bond donors (Lipinski definition) is 1. The lowest BCUT2D eigenvalue weighted by molar-refractivity contribution is 0.190. The molecule has 2 rings (SSSR count). The molecule has 0 saturated heterocycles. The van der Waals surface area contributed by atoms with Crippen LogP contribution in [0, 0.1) is 6.92 Å². The Kier molecular flexibility index (Phi) is 5.35. The van der Waals surface area contributed by atoms with Gasteiger partial charge in [-0.15, -0.1) is 11.3 Å². The molecule has 0 radical (unpaired) electrons. The van der Waals surface area contributed by atoms with Crippen LogP contribution in [0.4, 0.5) is 5.95 Å². The molecule has 0 aliphatic carbocycles. The maximum absolute atomic E-state index is 5.08. The Morgan fingerprint density at radius 1 is 1.47 bits per heavy atom. The van der Waals surface area contributed by atoms with Gasteiger partial charge in [-0.3, -0.25) is 0 Å². The highest BCUT2D eigenvalue weighted by atomic mass is 32.1. The quantitative estimate of drug-likeness (QED) is 0.754. The smallest absolute Gasteiger partial charge is 0.203 e. The lowest BCUT2D eigenvalue weighted by Crippen LogP contribution is -2.11. The largest absolute Gasteiger partial charge is 0.385 e. The SMILES string of the molecule is COCCCn1cc(C)nc1NCCc1nccs1. The summed E-state index contributed by atoms with van der Waals surface area (Å²) in [6, 6.07) is 0. The van der Waals surface area contributed by atoms with E-state index in [1.807, 2.05) is 18.5 Å². The highest BCUT2D eigenvalue weighted by Crippen LogP contribution is 2.10. The number of nitrogens with zero attached hydrogens (tertiary/aromatic N) is 3. The van der Waals surface area contributed by atoms with Crippen LogP contribution in [-0.4, -0.2) is 34.8 Å². The molecule has 2 aromatic rings. The summed E-state index contributed by atoms with van der Waals surface area (Å²) in [6.07, 6.45) is 5.84. The summed E-state index contributed by atoms with van der Waals surface area (Å²) >= 11 is 1.69. The number of nitrogens with one attached hydrogen (secondary N) is 1. The van der Waals surface area contributed by atoms with Gasteiger partial charge >= 0.3 is 0 Å². The Balaban J connectivity index is 1.84. The summed E-state index contributed by atoms with van der Waals surface area (Å²) in [5, 5.41) is 6.54. The van der Waals surface area contributed by atoms with Crippen molar-refractivity contribution in [3.05, 3.63) is 28.5 Å². The van der Waals surface area contributed by atoms with Crippen LogP contribution in [0.25, 0.3) is 0 Å². The maximum atomic E-state index is 5.08. The molecule has 5 nitrogen and oxygen atoms in total. The van der Waals surface area contributed by atoms with Gasteiger partial charge < -0.3 is 14.6 Å². The average molecular weight is 280 g/mol. The second-order valence-electron chi connectivity index (χ2n) is 4.35. The molecule has 0 fully saturated rings. The topological polar surface area (TPSA) is 52.0 Å². The van der Waals surface area contributed by atoms with Crippen molar-refractivity contribution in [2.45, 2.75) is 26.3 Å². The molecule has 0 atom stereocenters. The van der Waals surface area contributed by atoms with Crippen LogP contribution in [0.2, 0.25) is 0 Å². The van der Waals surface area contributed by atoms with E-state index in [0.717, 1.165) is 49.2 Å². The van der Waals surface area contributed by atoms with Crippen LogP contribution >= 0.6 is 11.3 Å². The van der Waals surface area contributed by atoms with Crippen LogP contribution in [-0.2, 0) is 17.7 Å². The van der Waals surface area contributed by atoms with E-state index >= 15 is 0 Å². The highest BCUT2D eigenvalue weighted by Gasteiger charge is 2.05. The fourth-order valence-corrected chi connectivity index (χ4v) is 2.52. The molecular formula is C13H20N4OS. The third-order valence-electron chi connectivity index (χ3n) is 2.75. The Labute approximate surface area is 117 Å². The number of hydrogen-bond acceptors (Lipinski definition) is 5. The van der Waals surface area contributed by atoms with Gasteiger partial charge in [-0.05, 0) is 13.3 Å². The van der Waals surface area contributed by atoms with E-state index in [1.54, 1.807) is 18.4 Å². The number of rotatable bonds is 8. The van der Waals surface area contributed by atoms with E-state index in [9.17, 15) is 0 Å². The molecule has 0 amide bonds. The summed E-state index contributed by atoms with van der Waals surface area (Å²) in [6.45, 7) is 4.57. The average Bonchev–Trinajstić information content (AvgIpc) is 3.00. The van der Waals surface area contributed by atoms with Gasteiger partial charge in [-0.1, -0.05) is 0 Å². The van der Waals surface area contributed by atoms with Crippen molar-refractivity contribution in [2.24, 2.45) is 0 Å². The molecule has 6 heteroatoms. The second-order valence-corrected chi connectivity index (χ2v) is 5.33. The third kappa shape index (κ3) is 4.33. The zero-order valence-corrected chi connectivity index (χ0v) is 12.2. The first kappa shape index (κ1) is 14.0. The predicted molar refractivity (Wildman–Crippen MR) is 77.8 cm³/mol. The number of thiazole rings is 1. The first-order valence-corrected chi connectivity index (χ1v) is 7.32. The molecule has 104 valence electrons. The monoisotopic (exact) mass is 280 g/mol. The summed E-state index contributed by atoms with van der Waals surface area (Å²) in [7, 11) is 1.73. The molecule has 1 N–H and O–H groups in total. The lowest BCUT2D eigenvalue weighted by Gasteiger charge is -2.08. The van der Waals surface area contributed by atoms with E-state index < -0.39 is 0 Å². The molecule has 0 aromatic carbocycles. The highest BCUT2D eigenvalue weighted by molar-refractivity contribution is 7.09. The van der Waals surface area contributed by atoms with Crippen molar-refractivity contribution in [1.29, 1.82) is 0 Å². The van der Waals surface area contributed by atoms with Gasteiger partial charge in [0.2, 0.25) is 5.95 Å². The number of methoxy groups -OCH3 is 1. The predicted octanol–water partition coefficient (Wildman–Crippen LogP) is 2.34. The zero-order chi connectivity index (χ0) is 13.5. The Morgan fingerprint density at radius 3 is 3.11 bits per heavy atom. The second kappa shape index (κ2) is 7.25. The molecule has 0 spiro atoms. The van der Waals surface area contributed by atoms with Gasteiger partial charge in [0, 0.05) is 51.0 Å². The first-order valence-electron chi connectivity index (χ1n) is 6.44. The van der Waals surface area contributed by atoms with Crippen molar-refractivity contribution >= 4 is 17.3 Å². The fraction of sp³-hybridized carbons (Fsp3) is 0.538. The van der Waals surface area contributed by atoms with Crippen LogP contribution in [0.1, 0.15) is 17.1 Å². The number of aromatic nitrogens is 3. The molecule has 2 aromatic heterocycles. The first-order chi connectivity index (χ1) is 9.29. The molecule has 2 heterocycles. The fourth-order valence-electron chi connectivity index (χ4n) is 1.90. The Bertz CT molecular complexity index is 481. The zero-order valence-electron chi connectivity index (χ0n) is 11.4. The van der Waals surface area contributed by atoms with Gasteiger partial charge in [0.1, 0.15) is 0 Å². The number of anilines is 1. The summed E-state index contributed by atoms with van der Waals surface area (Å²) in [5.41, 5.74) is 1.04. The van der Waals surface area contributed by atoms with Crippen molar-refractivity contribution < 1.29 is 4.74 Å². The van der Waals surface area contributed by atoms with Crippen LogP contribution < -0.4 is 5.32 Å². The maximum Gasteiger partial charge on any atom is 0.203 e. The number of ether oxygens (including phenoxy) is 1. The minimum absolute atomic E-state index is 0.774. The molecule has 19 heavy (non-hydrogen) atoms. The summed E-state index contributed by atoms with van der Waals surface area (Å²) in [5.74, 6) is 0.935. The lowest BCUT2D eigenvalue weighted by atomic mass is 10.4. The Hall–Kier alpha value is -1.40. The minimum atomic E-state index is 0.774. The van der Waals surface area contributed by atoms with Crippen LogP contribution in [0.15, 0.2) is 17.8 Å². The Morgan fingerprint density at radius 2 is 2.37 bits per heavy atom. The van der Waals surface area contributed by atoms with E-state index in [1.165, 1.54) is 0 Å². The summed E-state index contributed by atoms with van der Waals surface area (Å²) in [4.78, 5) is 8.77. The standard InChI is InChI=1S/C13H20N4OS/c1-11-10-17(7-3-8-18-2)13(16-11)15-5-4-12-14-6-9-19-12/h6,9-10H,3-5,7-8H2,1-2H3,(H,15,16). The van der Waals surface area contributed by atoms with Crippen LogP contribution in [0.5, 0.6) is 0 Å². The third-order valence-corrected chi connectivity index (χ3v) is 3.59. The van der Waals surface area contributed by atoms with E-state index in [4.69, 9.17) is 4.74 Å². The number of aryl methyl sites for hydroxylation is 2. The van der Waals surface area contributed by atoms with E-state index in [2.05, 4.69) is 26.0 Å². The normalized spacial score (nSPS) is 10.8. The molecule has 0 aliphatic heterocycles. The molecular weight excluding hydrogens is 260 g/mol. The van der Waals surface area contributed by atoms with E-state index in [-0.39, 0.29) is 0 Å². The van der Waals surface area contributed by atoms with Crippen LogP contribution in [0.3, 0.4) is 0 Å². The van der Waals surface area contributed by atoms with Crippen molar-refractivity contribution in [1.82, 2.24) is 14.5 Å². The van der Waals surface area contributed by atoms with Gasteiger partial charge in [-0.25, -0.2) is 9.97 Å². The molecule has 0 bridgehead atoms. The van der Waals surface area contributed by atoms with Gasteiger partial charge in [0.05, 0.1) is 10.7 Å². The molecule has 0 aliphatic rings. The van der Waals surface area contributed by atoms with Gasteiger partial charge in [0.15, 0.2) is 0 Å². The van der Waals surface area contributed by atoms with Crippen molar-refractivity contribution in [3.8, 4) is 0 Å². The minimum Gasteiger partial charge on any atom is -0.385 e. The number of imidazole rings is 1. The van der Waals surface area contributed by atoms with Gasteiger partial charge in [-0.2, -0.15) is 0 Å². The van der Waals surface area contributed by atoms with Crippen molar-refractivity contribution in [2.75, 3.05) is 25.6 Å². The van der Waals surface area contributed by atoms with Crippen molar-refractivity contribution in [3.63, 3.8) is 0 Å².